The van der Waals surface area contributed by atoms with Gasteiger partial charge in [-0.3, -0.25) is 14.6 Å². The van der Waals surface area contributed by atoms with E-state index < -0.39 is 0 Å². The van der Waals surface area contributed by atoms with Crippen molar-refractivity contribution in [3.05, 3.63) is 24.0 Å². The molecule has 18 heavy (non-hydrogen) atoms. The number of nitrogens with one attached hydrogen (secondary N) is 2. The monoisotopic (exact) mass is 248 g/mol. The smallest absolute Gasteiger partial charge is 0.295 e. The molecule has 0 spiro atoms. The van der Waals surface area contributed by atoms with Crippen LogP contribution in [-0.2, 0) is 6.54 Å². The van der Waals surface area contributed by atoms with Crippen LogP contribution in [0.15, 0.2) is 12.4 Å². The van der Waals surface area contributed by atoms with Gasteiger partial charge in [-0.1, -0.05) is 13.8 Å². The minimum atomic E-state index is -0.339. The first-order valence-electron chi connectivity index (χ1n) is 5.86. The molecule has 96 valence electrons. The topological polar surface area (TPSA) is 88.5 Å². The summed E-state index contributed by atoms with van der Waals surface area (Å²) >= 11 is 0. The lowest BCUT2D eigenvalue weighted by Crippen LogP contribution is -2.13. The van der Waals surface area contributed by atoms with Crippen LogP contribution in [0.25, 0.3) is 0 Å². The molecule has 2 aromatic heterocycles. The van der Waals surface area contributed by atoms with Gasteiger partial charge in [-0.2, -0.15) is 5.10 Å². The predicted molar refractivity (Wildman–Crippen MR) is 66.3 cm³/mol. The molecule has 0 aromatic carbocycles. The van der Waals surface area contributed by atoms with Crippen molar-refractivity contribution in [2.45, 2.75) is 33.2 Å². The second kappa shape index (κ2) is 4.99. The van der Waals surface area contributed by atoms with Crippen LogP contribution < -0.4 is 5.32 Å². The number of anilines is 1. The maximum absolute atomic E-state index is 11.9. The highest BCUT2D eigenvalue weighted by molar-refractivity contribution is 6.01. The predicted octanol–water partition coefficient (Wildman–Crippen LogP) is 1.40. The Balaban J connectivity index is 2.06. The third-order valence-corrected chi connectivity index (χ3v) is 2.47. The van der Waals surface area contributed by atoms with E-state index in [2.05, 4.69) is 25.6 Å². The Morgan fingerprint density at radius 1 is 1.56 bits per heavy atom. The van der Waals surface area contributed by atoms with Gasteiger partial charge in [0.15, 0.2) is 0 Å². The summed E-state index contributed by atoms with van der Waals surface area (Å²) in [6.45, 7) is 6.69. The molecule has 2 heterocycles. The number of carbonyl (C=O) groups excluding carboxylic acids is 1. The molecule has 0 aliphatic rings. The summed E-state index contributed by atoms with van der Waals surface area (Å²) in [4.78, 5) is 16.0. The van der Waals surface area contributed by atoms with Crippen molar-refractivity contribution >= 4 is 11.6 Å². The summed E-state index contributed by atoms with van der Waals surface area (Å²) in [7, 11) is 0. The largest absolute Gasteiger partial charge is 0.316 e. The molecular weight excluding hydrogens is 232 g/mol. The molecule has 2 N–H and O–H groups in total. The minimum Gasteiger partial charge on any atom is -0.316 e. The van der Waals surface area contributed by atoms with E-state index in [0.29, 0.717) is 11.5 Å². The lowest BCUT2D eigenvalue weighted by atomic mass is 10.2. The van der Waals surface area contributed by atoms with Crippen LogP contribution in [-0.4, -0.2) is 30.9 Å². The van der Waals surface area contributed by atoms with Crippen LogP contribution in [0.3, 0.4) is 0 Å². The van der Waals surface area contributed by atoms with Crippen LogP contribution in [0.2, 0.25) is 0 Å². The molecule has 0 aliphatic heterocycles. The van der Waals surface area contributed by atoms with Crippen LogP contribution in [0.5, 0.6) is 0 Å². The van der Waals surface area contributed by atoms with Crippen LogP contribution >= 0.6 is 0 Å². The molecule has 1 amide bonds. The van der Waals surface area contributed by atoms with Crippen molar-refractivity contribution in [3.8, 4) is 0 Å². The first kappa shape index (κ1) is 12.3. The molecule has 0 aliphatic carbocycles. The molecule has 0 fully saturated rings. The molecular formula is C11H16N6O. The minimum absolute atomic E-state index is 0.142. The highest BCUT2D eigenvalue weighted by Gasteiger charge is 2.14. The normalized spacial score (nSPS) is 10.9. The third kappa shape index (κ3) is 2.55. The summed E-state index contributed by atoms with van der Waals surface area (Å²) in [5.41, 5.74) is 0.637. The van der Waals surface area contributed by atoms with E-state index in [4.69, 9.17) is 0 Å². The van der Waals surface area contributed by atoms with Gasteiger partial charge in [-0.15, -0.1) is 5.10 Å². The van der Waals surface area contributed by atoms with E-state index in [9.17, 15) is 4.79 Å². The second-order valence-corrected chi connectivity index (χ2v) is 4.24. The van der Waals surface area contributed by atoms with E-state index in [1.165, 1.54) is 0 Å². The van der Waals surface area contributed by atoms with Gasteiger partial charge in [0.05, 0.1) is 11.9 Å². The lowest BCUT2D eigenvalue weighted by Gasteiger charge is -1.97. The molecule has 7 nitrogen and oxygen atoms in total. The van der Waals surface area contributed by atoms with Gasteiger partial charge in [-0.25, -0.2) is 4.98 Å². The average molecular weight is 248 g/mol. The zero-order valence-electron chi connectivity index (χ0n) is 10.6. The Kier molecular flexibility index (Phi) is 3.40. The fourth-order valence-corrected chi connectivity index (χ4v) is 1.42. The molecule has 2 rings (SSSR count). The van der Waals surface area contributed by atoms with E-state index in [0.717, 1.165) is 6.54 Å². The SMILES string of the molecule is CCn1cc(NC(=O)c2n[nH]c(C(C)C)n2)cn1. The Labute approximate surface area is 105 Å². The lowest BCUT2D eigenvalue weighted by molar-refractivity contribution is 0.101. The second-order valence-electron chi connectivity index (χ2n) is 4.24. The molecule has 0 atom stereocenters. The number of nitrogens with zero attached hydrogens (tertiary/aromatic N) is 4. The Morgan fingerprint density at radius 2 is 2.33 bits per heavy atom. The van der Waals surface area contributed by atoms with Gasteiger partial charge in [0.2, 0.25) is 5.82 Å². The Bertz CT molecular complexity index is 541. The van der Waals surface area contributed by atoms with E-state index in [-0.39, 0.29) is 17.6 Å². The number of hydrogen-bond donors (Lipinski definition) is 2. The Morgan fingerprint density at radius 3 is 2.89 bits per heavy atom. The van der Waals surface area contributed by atoms with Gasteiger partial charge < -0.3 is 5.32 Å². The Hall–Kier alpha value is -2.18. The number of amides is 1. The molecule has 0 unspecified atom stereocenters. The summed E-state index contributed by atoms with van der Waals surface area (Å²) in [5, 5.41) is 13.4. The van der Waals surface area contributed by atoms with Crippen LogP contribution in [0.1, 0.15) is 43.1 Å². The maximum atomic E-state index is 11.9. The highest BCUT2D eigenvalue weighted by Crippen LogP contribution is 2.09. The number of aromatic amines is 1. The molecule has 0 saturated heterocycles. The molecule has 0 bridgehead atoms. The number of rotatable bonds is 4. The highest BCUT2D eigenvalue weighted by atomic mass is 16.2. The molecule has 0 radical (unpaired) electrons. The summed E-state index contributed by atoms with van der Waals surface area (Å²) < 4.78 is 1.73. The number of carbonyl (C=O) groups is 1. The van der Waals surface area contributed by atoms with Crippen LogP contribution in [0, 0.1) is 0 Å². The molecule has 2 aromatic rings. The van der Waals surface area contributed by atoms with E-state index in [1.807, 2.05) is 20.8 Å². The summed E-state index contributed by atoms with van der Waals surface area (Å²) in [6, 6.07) is 0. The van der Waals surface area contributed by atoms with Gasteiger partial charge in [-0.05, 0) is 6.92 Å². The summed E-state index contributed by atoms with van der Waals surface area (Å²) in [5.74, 6) is 0.711. The zero-order valence-corrected chi connectivity index (χ0v) is 10.6. The van der Waals surface area contributed by atoms with Crippen LogP contribution in [0.4, 0.5) is 5.69 Å². The third-order valence-electron chi connectivity index (χ3n) is 2.47. The fraction of sp³-hybridized carbons (Fsp3) is 0.455. The summed E-state index contributed by atoms with van der Waals surface area (Å²) in [6.07, 6.45) is 3.35. The fourth-order valence-electron chi connectivity index (χ4n) is 1.42. The first-order valence-corrected chi connectivity index (χ1v) is 5.86. The van der Waals surface area contributed by atoms with Gasteiger partial charge in [0.1, 0.15) is 5.82 Å². The van der Waals surface area contributed by atoms with E-state index in [1.54, 1.807) is 17.1 Å². The van der Waals surface area contributed by atoms with Gasteiger partial charge in [0.25, 0.3) is 5.91 Å². The number of H-pyrrole nitrogens is 1. The quantitative estimate of drug-likeness (QED) is 0.855. The van der Waals surface area contributed by atoms with Gasteiger partial charge >= 0.3 is 0 Å². The average Bonchev–Trinajstić information content (AvgIpc) is 2.97. The molecule has 0 saturated carbocycles. The maximum Gasteiger partial charge on any atom is 0.295 e. The first-order chi connectivity index (χ1) is 8.60. The standard InChI is InChI=1S/C11H16N6O/c1-4-17-6-8(5-12-17)13-11(18)10-14-9(7(2)3)15-16-10/h5-7H,4H2,1-3H3,(H,13,18)(H,14,15,16). The van der Waals surface area contributed by atoms with E-state index >= 15 is 0 Å². The van der Waals surface area contributed by atoms with Crippen molar-refractivity contribution in [3.63, 3.8) is 0 Å². The zero-order chi connectivity index (χ0) is 13.1. The molecule has 7 heteroatoms. The van der Waals surface area contributed by atoms with Crippen molar-refractivity contribution in [2.75, 3.05) is 5.32 Å². The van der Waals surface area contributed by atoms with Crippen molar-refractivity contribution < 1.29 is 4.79 Å². The van der Waals surface area contributed by atoms with Crippen molar-refractivity contribution in [2.24, 2.45) is 0 Å². The van der Waals surface area contributed by atoms with Crippen molar-refractivity contribution in [1.82, 2.24) is 25.0 Å². The number of aryl methyl sites for hydroxylation is 1. The van der Waals surface area contributed by atoms with Gasteiger partial charge in [0, 0.05) is 18.7 Å². The number of aromatic nitrogens is 5. The number of hydrogen-bond acceptors (Lipinski definition) is 4. The van der Waals surface area contributed by atoms with Crippen molar-refractivity contribution in [1.29, 1.82) is 0 Å².